The number of pyridine rings is 1. The zero-order valence-electron chi connectivity index (χ0n) is 18.5. The minimum Gasteiger partial charge on any atom is -0.497 e. The molecule has 2 aromatic carbocycles. The molecule has 0 unspecified atom stereocenters. The first-order valence-corrected chi connectivity index (χ1v) is 10.6. The molecule has 0 saturated heterocycles. The molecule has 0 bridgehead atoms. The predicted octanol–water partition coefficient (Wildman–Crippen LogP) is 5.22. The van der Waals surface area contributed by atoms with Gasteiger partial charge in [0.05, 0.1) is 19.3 Å². The van der Waals surface area contributed by atoms with Gasteiger partial charge in [-0.25, -0.2) is 4.98 Å². The summed E-state index contributed by atoms with van der Waals surface area (Å²) in [5.74, 6) is 0.503. The molecule has 0 radical (unpaired) electrons. The molecule has 5 aromatic rings. The van der Waals surface area contributed by atoms with Crippen LogP contribution in [0.15, 0.2) is 71.4 Å². The fourth-order valence-corrected chi connectivity index (χ4v) is 3.69. The van der Waals surface area contributed by atoms with Crippen LogP contribution in [-0.2, 0) is 0 Å². The van der Waals surface area contributed by atoms with Crippen LogP contribution < -0.4 is 15.4 Å². The lowest BCUT2D eigenvalue weighted by Crippen LogP contribution is -2.16. The fraction of sp³-hybridized carbons (Fsp3) is 0.160. The quantitative estimate of drug-likeness (QED) is 0.375. The first-order valence-electron chi connectivity index (χ1n) is 10.6. The normalized spacial score (nSPS) is 12.1. The van der Waals surface area contributed by atoms with E-state index in [1.807, 2.05) is 74.6 Å². The highest BCUT2D eigenvalue weighted by Gasteiger charge is 2.16. The van der Waals surface area contributed by atoms with Crippen LogP contribution in [0.3, 0.4) is 0 Å². The Bertz CT molecular complexity index is 1470. The van der Waals surface area contributed by atoms with Crippen LogP contribution in [0.1, 0.15) is 34.6 Å². The van der Waals surface area contributed by atoms with Crippen molar-refractivity contribution in [3.8, 4) is 5.75 Å². The largest absolute Gasteiger partial charge is 0.497 e. The van der Waals surface area contributed by atoms with Gasteiger partial charge < -0.3 is 19.8 Å². The highest BCUT2D eigenvalue weighted by atomic mass is 16.5. The highest BCUT2D eigenvalue weighted by Crippen LogP contribution is 2.28. The molecule has 5 rings (SSSR count). The highest BCUT2D eigenvalue weighted by molar-refractivity contribution is 6.04. The number of methoxy groups -OCH3 is 1. The summed E-state index contributed by atoms with van der Waals surface area (Å²) >= 11 is 0. The van der Waals surface area contributed by atoms with E-state index in [9.17, 15) is 4.79 Å². The molecule has 33 heavy (non-hydrogen) atoms. The number of benzene rings is 2. The van der Waals surface area contributed by atoms with Crippen molar-refractivity contribution in [1.82, 2.24) is 14.4 Å². The van der Waals surface area contributed by atoms with E-state index in [1.54, 1.807) is 17.7 Å². The number of imidazole rings is 1. The van der Waals surface area contributed by atoms with Crippen LogP contribution in [0.25, 0.3) is 16.7 Å². The van der Waals surface area contributed by atoms with Gasteiger partial charge in [0, 0.05) is 18.0 Å². The zero-order chi connectivity index (χ0) is 22.9. The second-order valence-corrected chi connectivity index (χ2v) is 7.82. The molecule has 3 aromatic heterocycles. The number of nitrogens with one attached hydrogen (secondary N) is 2. The molecule has 0 aliphatic rings. The Labute approximate surface area is 190 Å². The van der Waals surface area contributed by atoms with E-state index in [1.165, 1.54) is 0 Å². The molecule has 166 valence electrons. The molecule has 0 spiro atoms. The van der Waals surface area contributed by atoms with Crippen molar-refractivity contribution in [3.05, 3.63) is 83.8 Å². The molecular weight excluding hydrogens is 418 g/mol. The minimum absolute atomic E-state index is 0.105. The molecular formula is C25H23N5O3. The maximum atomic E-state index is 12.9. The second kappa shape index (κ2) is 8.31. The lowest BCUT2D eigenvalue weighted by atomic mass is 10.0. The van der Waals surface area contributed by atoms with Gasteiger partial charge in [0.1, 0.15) is 22.6 Å². The Balaban J connectivity index is 1.36. The van der Waals surface area contributed by atoms with E-state index in [0.29, 0.717) is 22.8 Å². The number of amides is 1. The number of aryl methyl sites for hydroxylation is 1. The molecule has 3 heterocycles. The number of oxazole rings is 1. The number of hydrogen-bond donors (Lipinski definition) is 2. The number of ether oxygens (including phenoxy) is 1. The van der Waals surface area contributed by atoms with Crippen molar-refractivity contribution in [3.63, 3.8) is 0 Å². The summed E-state index contributed by atoms with van der Waals surface area (Å²) in [6, 6.07) is 17.4. The average Bonchev–Trinajstić information content (AvgIpc) is 3.43. The van der Waals surface area contributed by atoms with Crippen molar-refractivity contribution < 1.29 is 13.9 Å². The summed E-state index contributed by atoms with van der Waals surface area (Å²) < 4.78 is 12.8. The van der Waals surface area contributed by atoms with Crippen molar-refractivity contribution in [1.29, 1.82) is 0 Å². The van der Waals surface area contributed by atoms with E-state index < -0.39 is 0 Å². The maximum absolute atomic E-state index is 12.9. The number of carbonyl (C=O) groups excluding carboxylic acids is 1. The third-order valence-electron chi connectivity index (χ3n) is 5.59. The number of rotatable bonds is 6. The third-order valence-corrected chi connectivity index (χ3v) is 5.59. The molecule has 1 atom stereocenters. The van der Waals surface area contributed by atoms with E-state index >= 15 is 0 Å². The zero-order valence-corrected chi connectivity index (χ0v) is 18.5. The first kappa shape index (κ1) is 20.6. The maximum Gasteiger partial charge on any atom is 0.296 e. The molecule has 0 aliphatic carbocycles. The standard InChI is InChI=1S/C25H23N5O3/c1-15-7-8-17(16(2)27-25-29-20-13-18(32-3)9-10-22(20)33-25)12-19(15)28-24(31)21-14-26-23-6-4-5-11-30(21)23/h4-14,16H,1-3H3,(H,27,29)(H,28,31)/t16-/m0/s1. The Morgan fingerprint density at radius 1 is 1.15 bits per heavy atom. The van der Waals surface area contributed by atoms with Gasteiger partial charge in [0.25, 0.3) is 11.9 Å². The number of hydrogen-bond acceptors (Lipinski definition) is 6. The minimum atomic E-state index is -0.220. The molecule has 0 aliphatic heterocycles. The van der Waals surface area contributed by atoms with Crippen LogP contribution in [0.4, 0.5) is 11.7 Å². The summed E-state index contributed by atoms with van der Waals surface area (Å²) in [5.41, 5.74) is 5.27. The van der Waals surface area contributed by atoms with Crippen LogP contribution in [0.5, 0.6) is 5.75 Å². The van der Waals surface area contributed by atoms with Gasteiger partial charge in [0.15, 0.2) is 5.58 Å². The molecule has 2 N–H and O–H groups in total. The summed E-state index contributed by atoms with van der Waals surface area (Å²) in [6.07, 6.45) is 3.40. The number of anilines is 2. The Hall–Kier alpha value is -4.33. The van der Waals surface area contributed by atoms with Gasteiger partial charge >= 0.3 is 0 Å². The number of nitrogens with zero attached hydrogens (tertiary/aromatic N) is 3. The molecule has 8 nitrogen and oxygen atoms in total. The van der Waals surface area contributed by atoms with E-state index in [4.69, 9.17) is 9.15 Å². The summed E-state index contributed by atoms with van der Waals surface area (Å²) in [6.45, 7) is 3.97. The number of fused-ring (bicyclic) bond motifs is 2. The first-order chi connectivity index (χ1) is 16.0. The molecule has 1 amide bonds. The Morgan fingerprint density at radius 3 is 2.88 bits per heavy atom. The number of aromatic nitrogens is 3. The SMILES string of the molecule is COc1ccc2oc(N[C@@H](C)c3ccc(C)c(NC(=O)c4cnc5ccccn45)c3)nc2c1. The predicted molar refractivity (Wildman–Crippen MR) is 127 cm³/mol. The van der Waals surface area contributed by atoms with Crippen molar-refractivity contribution >= 4 is 34.4 Å². The van der Waals surface area contributed by atoms with Gasteiger partial charge in [0.2, 0.25) is 0 Å². The summed E-state index contributed by atoms with van der Waals surface area (Å²) in [4.78, 5) is 21.7. The second-order valence-electron chi connectivity index (χ2n) is 7.82. The Kier molecular flexibility index (Phi) is 5.18. The summed E-state index contributed by atoms with van der Waals surface area (Å²) in [7, 11) is 1.62. The third kappa shape index (κ3) is 3.98. The van der Waals surface area contributed by atoms with Gasteiger partial charge in [-0.2, -0.15) is 4.98 Å². The fourth-order valence-electron chi connectivity index (χ4n) is 3.69. The van der Waals surface area contributed by atoms with Gasteiger partial charge in [-0.3, -0.25) is 9.20 Å². The smallest absolute Gasteiger partial charge is 0.296 e. The van der Waals surface area contributed by atoms with Crippen LogP contribution in [0.2, 0.25) is 0 Å². The average molecular weight is 441 g/mol. The van der Waals surface area contributed by atoms with Crippen molar-refractivity contribution in [2.75, 3.05) is 17.7 Å². The monoisotopic (exact) mass is 441 g/mol. The van der Waals surface area contributed by atoms with E-state index in [2.05, 4.69) is 20.6 Å². The molecule has 8 heteroatoms. The lowest BCUT2D eigenvalue weighted by molar-refractivity contribution is 0.102. The summed E-state index contributed by atoms with van der Waals surface area (Å²) in [5, 5.41) is 6.31. The van der Waals surface area contributed by atoms with E-state index in [-0.39, 0.29) is 11.9 Å². The van der Waals surface area contributed by atoms with Crippen molar-refractivity contribution in [2.45, 2.75) is 19.9 Å². The number of carbonyl (C=O) groups is 1. The van der Waals surface area contributed by atoms with Gasteiger partial charge in [-0.15, -0.1) is 0 Å². The lowest BCUT2D eigenvalue weighted by Gasteiger charge is -2.16. The van der Waals surface area contributed by atoms with Gasteiger partial charge in [-0.1, -0.05) is 18.2 Å². The Morgan fingerprint density at radius 2 is 2.03 bits per heavy atom. The topological polar surface area (TPSA) is 93.7 Å². The molecule has 0 fully saturated rings. The van der Waals surface area contributed by atoms with Crippen LogP contribution in [0, 0.1) is 6.92 Å². The van der Waals surface area contributed by atoms with Gasteiger partial charge in [-0.05, 0) is 55.3 Å². The van der Waals surface area contributed by atoms with E-state index in [0.717, 1.165) is 28.2 Å². The molecule has 0 saturated carbocycles. The van der Waals surface area contributed by atoms with Crippen molar-refractivity contribution in [2.24, 2.45) is 0 Å². The van der Waals surface area contributed by atoms with Crippen LogP contribution >= 0.6 is 0 Å². The van der Waals surface area contributed by atoms with Crippen LogP contribution in [-0.4, -0.2) is 27.4 Å².